The number of nitrogens with one attached hydrogen (secondary N) is 1. The Labute approximate surface area is 114 Å². The molecule has 0 radical (unpaired) electrons. The molecule has 1 amide bonds. The van der Waals surface area contributed by atoms with Crippen LogP contribution in [-0.4, -0.2) is 28.4 Å². The molecule has 0 spiro atoms. The minimum absolute atomic E-state index is 0.0771. The van der Waals surface area contributed by atoms with Gasteiger partial charge in [0, 0.05) is 24.3 Å². The molecule has 0 unspecified atom stereocenters. The number of nitrogen functional groups attached to an aromatic ring is 1. The van der Waals surface area contributed by atoms with Crippen LogP contribution in [0.5, 0.6) is 0 Å². The Morgan fingerprint density at radius 1 is 1.47 bits per heavy atom. The van der Waals surface area contributed by atoms with Crippen LogP contribution in [0.25, 0.3) is 0 Å². The first-order valence-electron chi connectivity index (χ1n) is 7.00. The van der Waals surface area contributed by atoms with E-state index >= 15 is 0 Å². The van der Waals surface area contributed by atoms with E-state index in [1.165, 1.54) is 19.3 Å². The molecule has 5 heteroatoms. The third-order valence-corrected chi connectivity index (χ3v) is 3.77. The predicted molar refractivity (Wildman–Crippen MR) is 75.6 cm³/mol. The molecule has 0 aliphatic heterocycles. The lowest BCUT2D eigenvalue weighted by Gasteiger charge is -2.33. The molecule has 19 heavy (non-hydrogen) atoms. The number of nitrogens with two attached hydrogens (primary N) is 1. The fraction of sp³-hybridized carbons (Fsp3) is 0.571. The van der Waals surface area contributed by atoms with Crippen molar-refractivity contribution in [3.8, 4) is 0 Å². The van der Waals surface area contributed by atoms with Crippen LogP contribution in [0.4, 0.5) is 5.82 Å². The molecule has 1 aromatic heterocycles. The highest BCUT2D eigenvalue weighted by molar-refractivity contribution is 5.95. The van der Waals surface area contributed by atoms with Gasteiger partial charge in [-0.05, 0) is 31.9 Å². The fourth-order valence-electron chi connectivity index (χ4n) is 2.77. The normalized spacial score (nSPS) is 16.1. The summed E-state index contributed by atoms with van der Waals surface area (Å²) in [5.74, 6) is 5.93. The number of hydrazine groups is 1. The van der Waals surface area contributed by atoms with Crippen LogP contribution < -0.4 is 11.3 Å². The lowest BCUT2D eigenvalue weighted by atomic mass is 9.94. The van der Waals surface area contributed by atoms with E-state index in [2.05, 4.69) is 10.4 Å². The maximum atomic E-state index is 12.6. The van der Waals surface area contributed by atoms with Crippen molar-refractivity contribution in [2.24, 2.45) is 5.84 Å². The van der Waals surface area contributed by atoms with Crippen LogP contribution >= 0.6 is 0 Å². The minimum atomic E-state index is 0.0771. The van der Waals surface area contributed by atoms with Crippen molar-refractivity contribution in [2.45, 2.75) is 45.1 Å². The summed E-state index contributed by atoms with van der Waals surface area (Å²) in [5, 5.41) is 0. The van der Waals surface area contributed by atoms with Crippen LogP contribution in [0.3, 0.4) is 0 Å². The summed E-state index contributed by atoms with van der Waals surface area (Å²) in [4.78, 5) is 18.6. The van der Waals surface area contributed by atoms with E-state index < -0.39 is 0 Å². The molecule has 5 nitrogen and oxygen atoms in total. The van der Waals surface area contributed by atoms with Crippen LogP contribution in [0.2, 0.25) is 0 Å². The second kappa shape index (κ2) is 6.52. The van der Waals surface area contributed by atoms with E-state index in [0.29, 0.717) is 17.4 Å². The first kappa shape index (κ1) is 13.8. The lowest BCUT2D eigenvalue weighted by Crippen LogP contribution is -2.41. The molecule has 0 bridgehead atoms. The smallest absolute Gasteiger partial charge is 0.254 e. The predicted octanol–water partition coefficient (Wildman–Crippen LogP) is 2.16. The van der Waals surface area contributed by atoms with E-state index in [-0.39, 0.29) is 5.91 Å². The van der Waals surface area contributed by atoms with Crippen LogP contribution in [0.1, 0.15) is 49.4 Å². The maximum Gasteiger partial charge on any atom is 0.254 e. The molecule has 0 aromatic carbocycles. The van der Waals surface area contributed by atoms with Gasteiger partial charge < -0.3 is 10.3 Å². The average molecular weight is 262 g/mol. The molecule has 3 N–H and O–H groups in total. The molecule has 1 aromatic rings. The number of carbonyl (C=O) groups excluding carboxylic acids is 1. The number of anilines is 1. The van der Waals surface area contributed by atoms with E-state index in [4.69, 9.17) is 5.84 Å². The Morgan fingerprint density at radius 3 is 2.84 bits per heavy atom. The number of rotatable bonds is 4. The standard InChI is InChI=1S/C14H22N4O/c1-2-18(12-6-4-3-5-7-12)14(19)11-8-9-16-13(10-11)17-15/h8-10,12H,2-7,15H2,1H3,(H,16,17). The van der Waals surface area contributed by atoms with E-state index in [1.807, 2.05) is 11.8 Å². The first-order chi connectivity index (χ1) is 9.26. The van der Waals surface area contributed by atoms with Gasteiger partial charge in [-0.2, -0.15) is 0 Å². The van der Waals surface area contributed by atoms with Gasteiger partial charge in [0.1, 0.15) is 5.82 Å². The summed E-state index contributed by atoms with van der Waals surface area (Å²) in [6, 6.07) is 3.83. The summed E-state index contributed by atoms with van der Waals surface area (Å²) in [5.41, 5.74) is 3.13. The Bertz CT molecular complexity index is 429. The van der Waals surface area contributed by atoms with Crippen LogP contribution in [-0.2, 0) is 0 Å². The van der Waals surface area contributed by atoms with Gasteiger partial charge in [0.2, 0.25) is 0 Å². The number of hydrogen-bond donors (Lipinski definition) is 2. The van der Waals surface area contributed by atoms with Gasteiger partial charge in [-0.1, -0.05) is 19.3 Å². The van der Waals surface area contributed by atoms with Crippen LogP contribution in [0.15, 0.2) is 18.3 Å². The van der Waals surface area contributed by atoms with E-state index in [9.17, 15) is 4.79 Å². The number of carbonyl (C=O) groups is 1. The summed E-state index contributed by atoms with van der Waals surface area (Å²) >= 11 is 0. The zero-order valence-electron chi connectivity index (χ0n) is 11.4. The number of amides is 1. The van der Waals surface area contributed by atoms with Crippen molar-refractivity contribution < 1.29 is 4.79 Å². The summed E-state index contributed by atoms with van der Waals surface area (Å²) < 4.78 is 0. The molecule has 1 heterocycles. The SMILES string of the molecule is CCN(C(=O)c1ccnc(NN)c1)C1CCCCC1. The third kappa shape index (κ3) is 3.23. The highest BCUT2D eigenvalue weighted by Gasteiger charge is 2.25. The van der Waals surface area contributed by atoms with Crippen molar-refractivity contribution in [3.63, 3.8) is 0 Å². The summed E-state index contributed by atoms with van der Waals surface area (Å²) in [6.45, 7) is 2.78. The Morgan fingerprint density at radius 2 is 2.21 bits per heavy atom. The Kier molecular flexibility index (Phi) is 4.74. The maximum absolute atomic E-state index is 12.6. The van der Waals surface area contributed by atoms with Crippen molar-refractivity contribution in [1.82, 2.24) is 9.88 Å². The van der Waals surface area contributed by atoms with Crippen molar-refractivity contribution in [2.75, 3.05) is 12.0 Å². The second-order valence-electron chi connectivity index (χ2n) is 4.96. The van der Waals surface area contributed by atoms with Gasteiger partial charge in [-0.15, -0.1) is 0 Å². The molecule has 1 fully saturated rings. The molecular formula is C14H22N4O. The summed E-state index contributed by atoms with van der Waals surface area (Å²) in [6.07, 6.45) is 7.58. The van der Waals surface area contributed by atoms with E-state index in [1.54, 1.807) is 18.3 Å². The number of pyridine rings is 1. The molecule has 0 atom stereocenters. The van der Waals surface area contributed by atoms with Gasteiger partial charge in [-0.3, -0.25) is 4.79 Å². The molecule has 0 saturated heterocycles. The van der Waals surface area contributed by atoms with Crippen LogP contribution in [0, 0.1) is 0 Å². The lowest BCUT2D eigenvalue weighted by molar-refractivity contribution is 0.0648. The minimum Gasteiger partial charge on any atom is -0.336 e. The fourth-order valence-corrected chi connectivity index (χ4v) is 2.77. The molecular weight excluding hydrogens is 240 g/mol. The van der Waals surface area contributed by atoms with Gasteiger partial charge >= 0.3 is 0 Å². The number of hydrogen-bond acceptors (Lipinski definition) is 4. The van der Waals surface area contributed by atoms with Crippen molar-refractivity contribution >= 4 is 11.7 Å². The largest absolute Gasteiger partial charge is 0.336 e. The Balaban J connectivity index is 2.14. The van der Waals surface area contributed by atoms with Gasteiger partial charge in [0.05, 0.1) is 0 Å². The molecule has 104 valence electrons. The Hall–Kier alpha value is -1.62. The quantitative estimate of drug-likeness (QED) is 0.644. The average Bonchev–Trinajstić information content (AvgIpc) is 2.49. The van der Waals surface area contributed by atoms with Gasteiger partial charge in [0.15, 0.2) is 0 Å². The highest BCUT2D eigenvalue weighted by Crippen LogP contribution is 2.24. The van der Waals surface area contributed by atoms with Gasteiger partial charge in [0.25, 0.3) is 5.91 Å². The van der Waals surface area contributed by atoms with Crippen molar-refractivity contribution in [1.29, 1.82) is 0 Å². The molecule has 1 aliphatic carbocycles. The molecule has 2 rings (SSSR count). The third-order valence-electron chi connectivity index (χ3n) is 3.77. The molecule has 1 aliphatic rings. The summed E-state index contributed by atoms with van der Waals surface area (Å²) in [7, 11) is 0. The van der Waals surface area contributed by atoms with Gasteiger partial charge in [-0.25, -0.2) is 10.8 Å². The highest BCUT2D eigenvalue weighted by atomic mass is 16.2. The second-order valence-corrected chi connectivity index (χ2v) is 4.96. The first-order valence-corrected chi connectivity index (χ1v) is 7.00. The van der Waals surface area contributed by atoms with Crippen molar-refractivity contribution in [3.05, 3.63) is 23.9 Å². The topological polar surface area (TPSA) is 71.2 Å². The zero-order chi connectivity index (χ0) is 13.7. The molecule has 1 saturated carbocycles. The number of nitrogens with zero attached hydrogens (tertiary/aromatic N) is 2. The number of aromatic nitrogens is 1. The van der Waals surface area contributed by atoms with E-state index in [0.717, 1.165) is 19.4 Å². The zero-order valence-corrected chi connectivity index (χ0v) is 11.4. The monoisotopic (exact) mass is 262 g/mol.